The van der Waals surface area contributed by atoms with Gasteiger partial charge in [-0.05, 0) is 60.7 Å². The van der Waals surface area contributed by atoms with Crippen LogP contribution >= 0.6 is 0 Å². The molecule has 0 spiro atoms. The summed E-state index contributed by atoms with van der Waals surface area (Å²) in [5.74, 6) is 1.83. The van der Waals surface area contributed by atoms with E-state index in [0.29, 0.717) is 17.6 Å². The fourth-order valence-corrected chi connectivity index (χ4v) is 8.77. The molecule has 4 heterocycles. The van der Waals surface area contributed by atoms with Crippen LogP contribution in [0.4, 0.5) is 0 Å². The zero-order valence-corrected chi connectivity index (χ0v) is 30.7. The third-order valence-electron chi connectivity index (χ3n) is 11.3. The molecule has 0 saturated heterocycles. The van der Waals surface area contributed by atoms with Crippen molar-refractivity contribution < 1.29 is 0 Å². The van der Waals surface area contributed by atoms with E-state index in [1.165, 1.54) is 32.6 Å². The van der Waals surface area contributed by atoms with Crippen molar-refractivity contribution in [1.29, 1.82) is 0 Å². The van der Waals surface area contributed by atoms with E-state index in [-0.39, 0.29) is 0 Å². The summed E-state index contributed by atoms with van der Waals surface area (Å²) in [6.45, 7) is 0. The average Bonchev–Trinajstić information content (AvgIpc) is 3.91. The molecule has 4 aromatic heterocycles. The van der Waals surface area contributed by atoms with Gasteiger partial charge in [0.05, 0.1) is 33.1 Å². The fourth-order valence-electron chi connectivity index (χ4n) is 8.77. The minimum Gasteiger partial charge on any atom is -0.309 e. The molecular formula is C51H32N6. The third kappa shape index (κ3) is 4.81. The van der Waals surface area contributed by atoms with Gasteiger partial charge in [-0.3, -0.25) is 4.57 Å². The van der Waals surface area contributed by atoms with Crippen LogP contribution < -0.4 is 0 Å². The molecule has 57 heavy (non-hydrogen) atoms. The quantitative estimate of drug-likeness (QED) is 0.177. The van der Waals surface area contributed by atoms with Crippen LogP contribution in [0.2, 0.25) is 0 Å². The summed E-state index contributed by atoms with van der Waals surface area (Å²) < 4.78 is 6.96. The Kier molecular flexibility index (Phi) is 6.83. The summed E-state index contributed by atoms with van der Waals surface area (Å²) in [6.07, 6.45) is 0. The Balaban J connectivity index is 1.11. The Hall–Kier alpha value is -7.83. The Morgan fingerprint density at radius 3 is 1.07 bits per heavy atom. The molecule has 0 aliphatic heterocycles. The Morgan fingerprint density at radius 1 is 0.263 bits per heavy atom. The second-order valence-electron chi connectivity index (χ2n) is 14.5. The number of hydrogen-bond donors (Lipinski definition) is 0. The predicted molar refractivity (Wildman–Crippen MR) is 234 cm³/mol. The van der Waals surface area contributed by atoms with Crippen LogP contribution in [0, 0.1) is 0 Å². The zero-order chi connectivity index (χ0) is 37.5. The molecule has 0 radical (unpaired) electrons. The molecule has 12 aromatic rings. The van der Waals surface area contributed by atoms with Crippen LogP contribution in [-0.2, 0) is 0 Å². The van der Waals surface area contributed by atoms with Crippen LogP contribution in [0.3, 0.4) is 0 Å². The van der Waals surface area contributed by atoms with Gasteiger partial charge in [0.2, 0.25) is 5.95 Å². The number of fused-ring (bicyclic) bond motifs is 9. The van der Waals surface area contributed by atoms with Crippen molar-refractivity contribution in [2.24, 2.45) is 0 Å². The fraction of sp³-hybridized carbons (Fsp3) is 0. The van der Waals surface area contributed by atoms with Gasteiger partial charge < -0.3 is 9.13 Å². The molecule has 6 nitrogen and oxygen atoms in total. The number of aromatic nitrogens is 6. The average molecular weight is 729 g/mol. The number of benzene rings is 8. The van der Waals surface area contributed by atoms with Crippen LogP contribution in [0.15, 0.2) is 194 Å². The molecule has 6 heteroatoms. The second-order valence-corrected chi connectivity index (χ2v) is 14.5. The lowest BCUT2D eigenvalue weighted by Crippen LogP contribution is -2.06. The van der Waals surface area contributed by atoms with Crippen LogP contribution in [0.1, 0.15) is 0 Å². The summed E-state index contributed by atoms with van der Waals surface area (Å²) in [7, 11) is 0. The van der Waals surface area contributed by atoms with Gasteiger partial charge in [0.25, 0.3) is 0 Å². The number of rotatable bonds is 5. The summed E-state index contributed by atoms with van der Waals surface area (Å²) >= 11 is 0. The maximum absolute atomic E-state index is 5.18. The van der Waals surface area contributed by atoms with Gasteiger partial charge in [-0.25, -0.2) is 4.98 Å². The van der Waals surface area contributed by atoms with Crippen molar-refractivity contribution in [3.05, 3.63) is 194 Å². The molecule has 0 unspecified atom stereocenters. The van der Waals surface area contributed by atoms with Gasteiger partial charge >= 0.3 is 0 Å². The molecule has 0 atom stereocenters. The highest BCUT2D eigenvalue weighted by atomic mass is 15.2. The highest BCUT2D eigenvalue weighted by Gasteiger charge is 2.21. The van der Waals surface area contributed by atoms with Crippen LogP contribution in [-0.4, -0.2) is 28.7 Å². The Bertz CT molecular complexity index is 3390. The highest BCUT2D eigenvalue weighted by molar-refractivity contribution is 6.19. The topological polar surface area (TPSA) is 53.5 Å². The van der Waals surface area contributed by atoms with Crippen molar-refractivity contribution in [3.63, 3.8) is 0 Å². The molecule has 0 bridgehead atoms. The van der Waals surface area contributed by atoms with E-state index in [1.807, 2.05) is 60.7 Å². The smallest absolute Gasteiger partial charge is 0.238 e. The van der Waals surface area contributed by atoms with Gasteiger partial charge in [0.1, 0.15) is 0 Å². The maximum atomic E-state index is 5.18. The Morgan fingerprint density at radius 2 is 0.614 bits per heavy atom. The monoisotopic (exact) mass is 728 g/mol. The first-order chi connectivity index (χ1) is 28.3. The largest absolute Gasteiger partial charge is 0.309 e. The molecular weight excluding hydrogens is 697 g/mol. The first-order valence-corrected chi connectivity index (χ1v) is 19.2. The molecule has 8 aromatic carbocycles. The molecule has 0 N–H and O–H groups in total. The third-order valence-corrected chi connectivity index (χ3v) is 11.3. The van der Waals surface area contributed by atoms with E-state index in [9.17, 15) is 0 Å². The van der Waals surface area contributed by atoms with E-state index in [2.05, 4.69) is 147 Å². The molecule has 0 aliphatic rings. The predicted octanol–water partition coefficient (Wildman–Crippen LogP) is 12.5. The molecule has 0 saturated carbocycles. The summed E-state index contributed by atoms with van der Waals surface area (Å²) in [6, 6.07) is 68.5. The van der Waals surface area contributed by atoms with Gasteiger partial charge in [-0.2, -0.15) is 9.97 Å². The molecule has 0 amide bonds. The summed E-state index contributed by atoms with van der Waals surface area (Å²) in [5.41, 5.74) is 10.8. The molecule has 266 valence electrons. The van der Waals surface area contributed by atoms with E-state index in [1.54, 1.807) is 0 Å². The van der Waals surface area contributed by atoms with Crippen LogP contribution in [0.25, 0.3) is 106 Å². The van der Waals surface area contributed by atoms with Gasteiger partial charge in [0, 0.05) is 54.8 Å². The van der Waals surface area contributed by atoms with Gasteiger partial charge in [-0.1, -0.05) is 133 Å². The van der Waals surface area contributed by atoms with Crippen molar-refractivity contribution in [2.75, 3.05) is 0 Å². The number of hydrogen-bond acceptors (Lipinski definition) is 3. The van der Waals surface area contributed by atoms with Crippen molar-refractivity contribution >= 4 is 65.4 Å². The van der Waals surface area contributed by atoms with Gasteiger partial charge in [-0.15, -0.1) is 0 Å². The van der Waals surface area contributed by atoms with Crippen molar-refractivity contribution in [1.82, 2.24) is 28.7 Å². The lowest BCUT2D eigenvalue weighted by atomic mass is 10.1. The number of para-hydroxylation sites is 4. The first-order valence-electron chi connectivity index (χ1n) is 19.2. The lowest BCUT2D eigenvalue weighted by Gasteiger charge is -2.12. The van der Waals surface area contributed by atoms with E-state index in [0.717, 1.165) is 55.3 Å². The Labute approximate surface area is 327 Å². The molecule has 12 rings (SSSR count). The standard InChI is InChI=1S/C51H32N6/c1-3-15-33(16-4-1)49-52-50(34-17-5-2-6-18-34)54-51(53-49)57-46-26-14-10-22-40(46)42-31-41-39-21-9-13-25-45(39)56(47(41)32-48(42)57)36-29-27-35(28-30-36)55-43-23-11-7-19-37(43)38-20-8-12-24-44(38)55/h1-32H. The van der Waals surface area contributed by atoms with Crippen molar-refractivity contribution in [2.45, 2.75) is 0 Å². The summed E-state index contributed by atoms with van der Waals surface area (Å²) in [5, 5.41) is 7.19. The minimum atomic E-state index is 0.575. The molecule has 0 fully saturated rings. The SMILES string of the molecule is c1ccc(-c2nc(-c3ccccc3)nc(-n3c4ccccc4c4cc5c6ccccc6n(-c6ccc(-n7c8ccccc8c8ccccc87)cc6)c5cc43)n2)cc1. The minimum absolute atomic E-state index is 0.575. The van der Waals surface area contributed by atoms with E-state index in [4.69, 9.17) is 15.0 Å². The van der Waals surface area contributed by atoms with E-state index >= 15 is 0 Å². The van der Waals surface area contributed by atoms with E-state index < -0.39 is 0 Å². The van der Waals surface area contributed by atoms with Gasteiger partial charge in [0.15, 0.2) is 11.6 Å². The number of nitrogens with zero attached hydrogens (tertiary/aromatic N) is 6. The molecule has 0 aliphatic carbocycles. The van der Waals surface area contributed by atoms with Crippen LogP contribution in [0.5, 0.6) is 0 Å². The van der Waals surface area contributed by atoms with Crippen molar-refractivity contribution in [3.8, 4) is 40.1 Å². The first kappa shape index (κ1) is 31.5. The summed E-state index contributed by atoms with van der Waals surface area (Å²) in [4.78, 5) is 15.4. The maximum Gasteiger partial charge on any atom is 0.238 e. The lowest BCUT2D eigenvalue weighted by molar-refractivity contribution is 0.953. The second kappa shape index (κ2) is 12.3. The normalized spacial score (nSPS) is 11.9. The highest BCUT2D eigenvalue weighted by Crippen LogP contribution is 2.40. The zero-order valence-electron chi connectivity index (χ0n) is 30.7.